The maximum Gasteiger partial charge on any atom is 0.306 e. The lowest BCUT2D eigenvalue weighted by Gasteiger charge is -2.44. The molecule has 3 aliphatic carbocycles. The molecule has 3 heterocycles. The van der Waals surface area contributed by atoms with E-state index < -0.39 is 41.3 Å². The number of alkyl halides is 1. The molecule has 18 atom stereocenters. The highest BCUT2D eigenvalue weighted by Gasteiger charge is 2.59. The number of halogens is 1. The number of methoxy groups -OCH3 is 3. The van der Waals surface area contributed by atoms with Crippen LogP contribution < -0.4 is 0 Å². The monoisotopic (exact) mass is 825 g/mol. The van der Waals surface area contributed by atoms with Crippen molar-refractivity contribution in [2.24, 2.45) is 35.5 Å². The van der Waals surface area contributed by atoms with Gasteiger partial charge >= 0.3 is 5.97 Å². The second-order valence-electron chi connectivity index (χ2n) is 16.9. The van der Waals surface area contributed by atoms with E-state index in [9.17, 15) is 14.4 Å². The molecule has 13 heteroatoms. The van der Waals surface area contributed by atoms with E-state index in [0.717, 1.165) is 19.3 Å². The second-order valence-corrected chi connectivity index (χ2v) is 17.9. The van der Waals surface area contributed by atoms with Crippen molar-refractivity contribution in [1.29, 1.82) is 0 Å². The van der Waals surface area contributed by atoms with E-state index in [2.05, 4.69) is 41.8 Å². The van der Waals surface area contributed by atoms with Gasteiger partial charge in [-0.05, 0) is 103 Å². The summed E-state index contributed by atoms with van der Waals surface area (Å²) in [7, 11) is 9.01. The first-order valence-electron chi connectivity index (χ1n) is 20.3. The van der Waals surface area contributed by atoms with Gasteiger partial charge in [-0.15, -0.1) is 0 Å². The molecular formula is C41H64BrNO11. The fourth-order valence-electron chi connectivity index (χ4n) is 10.7. The van der Waals surface area contributed by atoms with Gasteiger partial charge in [-0.1, -0.05) is 35.9 Å². The van der Waals surface area contributed by atoms with Crippen LogP contribution in [0.2, 0.25) is 0 Å². The van der Waals surface area contributed by atoms with Crippen LogP contribution in [0.1, 0.15) is 85.5 Å². The Morgan fingerprint density at radius 2 is 1.56 bits per heavy atom. The fourth-order valence-corrected chi connectivity index (χ4v) is 11.6. The van der Waals surface area contributed by atoms with Gasteiger partial charge in [0, 0.05) is 45.1 Å². The first-order chi connectivity index (χ1) is 25.8. The minimum atomic E-state index is -0.686. The molecule has 12 nitrogen and oxygen atoms in total. The Hall–Kier alpha value is -1.29. The third-order valence-electron chi connectivity index (χ3n) is 13.6. The zero-order valence-electron chi connectivity index (χ0n) is 33.6. The summed E-state index contributed by atoms with van der Waals surface area (Å²) < 4.78 is 49.4. The number of ether oxygens (including phenoxy) is 8. The molecule has 6 rings (SSSR count). The molecule has 2 saturated carbocycles. The Morgan fingerprint density at radius 1 is 0.852 bits per heavy atom. The molecule has 0 N–H and O–H groups in total. The summed E-state index contributed by atoms with van der Waals surface area (Å²) in [6, 6.07) is 0.304. The third kappa shape index (κ3) is 8.46. The standard InChI is InChI=1S/C41H64BrNO11/c1-10-23-12-11-13-31(54-33-15-14-30(43(5)6)21(3)50-33)20(2)36(45)29-18-26-25-16-24(53-41-40(49-9)39(48-8)38(47-7)22(4)51-41)17-28(25)35(42)37(46)34(26)27(29)19-32(44)52-23/h18,20-28,30-31,33-35,38-41H,10-17,19H2,1-9H3/t20-,21?,22?,23+,24+,25+,26+,27-,28-,30+,31+,33+,34-,35?,38+,39?,40?,41+/m1/s1. The number of carbonyl (C=O) groups is 3. The molecule has 3 saturated heterocycles. The summed E-state index contributed by atoms with van der Waals surface area (Å²) in [5, 5.41) is 0. The van der Waals surface area contributed by atoms with Gasteiger partial charge in [0.2, 0.25) is 0 Å². The Balaban J connectivity index is 1.25. The van der Waals surface area contributed by atoms with Crippen molar-refractivity contribution in [3.8, 4) is 0 Å². The van der Waals surface area contributed by atoms with Crippen molar-refractivity contribution in [2.75, 3.05) is 35.4 Å². The lowest BCUT2D eigenvalue weighted by Crippen LogP contribution is -2.59. The van der Waals surface area contributed by atoms with E-state index in [1.54, 1.807) is 21.3 Å². The first-order valence-corrected chi connectivity index (χ1v) is 21.2. The number of hydrogen-bond acceptors (Lipinski definition) is 12. The topological polar surface area (TPSA) is 128 Å². The Kier molecular flexibility index (Phi) is 14.2. The molecule has 306 valence electrons. The summed E-state index contributed by atoms with van der Waals surface area (Å²) in [5.74, 6) is -2.09. The molecule has 0 aromatic carbocycles. The zero-order valence-corrected chi connectivity index (χ0v) is 35.2. The molecule has 0 spiro atoms. The van der Waals surface area contributed by atoms with Crippen LogP contribution in [-0.2, 0) is 52.3 Å². The summed E-state index contributed by atoms with van der Waals surface area (Å²) in [6.45, 7) is 7.99. The number of cyclic esters (lactones) is 1. The van der Waals surface area contributed by atoms with Crippen LogP contribution in [-0.4, -0.2) is 130 Å². The van der Waals surface area contributed by atoms with Gasteiger partial charge in [0.25, 0.3) is 0 Å². The second kappa shape index (κ2) is 18.1. The minimum Gasteiger partial charge on any atom is -0.462 e. The number of ketones is 2. The lowest BCUT2D eigenvalue weighted by molar-refractivity contribution is -0.314. The average Bonchev–Trinajstić information content (AvgIpc) is 3.73. The van der Waals surface area contributed by atoms with Crippen molar-refractivity contribution < 1.29 is 52.3 Å². The van der Waals surface area contributed by atoms with Gasteiger partial charge in [-0.3, -0.25) is 14.4 Å². The van der Waals surface area contributed by atoms with Crippen molar-refractivity contribution in [3.05, 3.63) is 11.6 Å². The quantitative estimate of drug-likeness (QED) is 0.222. The first kappa shape index (κ1) is 42.3. The third-order valence-corrected chi connectivity index (χ3v) is 14.7. The molecule has 54 heavy (non-hydrogen) atoms. The van der Waals surface area contributed by atoms with Crippen molar-refractivity contribution in [3.63, 3.8) is 0 Å². The molecule has 0 radical (unpaired) electrons. The van der Waals surface area contributed by atoms with E-state index >= 15 is 0 Å². The largest absolute Gasteiger partial charge is 0.462 e. The number of hydrogen-bond donors (Lipinski definition) is 0. The highest BCUT2D eigenvalue weighted by Crippen LogP contribution is 2.57. The molecule has 0 amide bonds. The lowest BCUT2D eigenvalue weighted by atomic mass is 9.65. The average molecular weight is 827 g/mol. The zero-order chi connectivity index (χ0) is 39.0. The van der Waals surface area contributed by atoms with Crippen molar-refractivity contribution >= 4 is 33.5 Å². The van der Waals surface area contributed by atoms with Crippen LogP contribution in [0.3, 0.4) is 0 Å². The number of rotatable bonds is 9. The van der Waals surface area contributed by atoms with E-state index in [1.165, 1.54) is 0 Å². The number of Topliss-reactive ketones (excluding diaryl/α,β-unsaturated/α-hetero) is 2. The molecule has 0 aromatic heterocycles. The van der Waals surface area contributed by atoms with Crippen LogP contribution in [0.15, 0.2) is 11.6 Å². The van der Waals surface area contributed by atoms with E-state index in [-0.39, 0.29) is 84.4 Å². The SMILES string of the molecule is CC[C@H]1CCC[C@H](O[C@H]2CC[C@H](N(C)C)C(C)O2)[C@@H](C)C(=O)C2=C[C@H]3[C@@H]4C[C@H](O[C@@H]5OC(C)[C@H](OC)C(OC)C5OC)C[C@H]4C(Br)C(=O)[C@H]3[C@@H]2CC(=O)O1. The number of fused-ring (bicyclic) bond motifs is 5. The number of allylic oxidation sites excluding steroid dienone is 2. The van der Waals surface area contributed by atoms with E-state index in [1.807, 2.05) is 26.8 Å². The molecule has 3 aliphatic heterocycles. The summed E-state index contributed by atoms with van der Waals surface area (Å²) in [4.78, 5) is 44.5. The van der Waals surface area contributed by atoms with Crippen LogP contribution in [0.4, 0.5) is 0 Å². The molecule has 5 unspecified atom stereocenters. The van der Waals surface area contributed by atoms with Gasteiger partial charge in [0.1, 0.15) is 24.4 Å². The van der Waals surface area contributed by atoms with E-state index in [4.69, 9.17) is 37.9 Å². The molecule has 0 aromatic rings. The molecular weight excluding hydrogens is 762 g/mol. The number of carbonyl (C=O) groups excluding carboxylic acids is 3. The highest BCUT2D eigenvalue weighted by atomic mass is 79.9. The maximum absolute atomic E-state index is 14.7. The van der Waals surface area contributed by atoms with Gasteiger partial charge in [0.05, 0.1) is 35.7 Å². The maximum atomic E-state index is 14.7. The fraction of sp³-hybridized carbons (Fsp3) is 0.878. The van der Waals surface area contributed by atoms with Gasteiger partial charge in [-0.2, -0.15) is 0 Å². The van der Waals surface area contributed by atoms with Gasteiger partial charge in [0.15, 0.2) is 24.1 Å². The van der Waals surface area contributed by atoms with Crippen molar-refractivity contribution in [2.45, 2.75) is 158 Å². The summed E-state index contributed by atoms with van der Waals surface area (Å²) >= 11 is 3.81. The Bertz CT molecular complexity index is 1360. The number of esters is 1. The van der Waals surface area contributed by atoms with Gasteiger partial charge < -0.3 is 42.8 Å². The predicted molar refractivity (Wildman–Crippen MR) is 203 cm³/mol. The van der Waals surface area contributed by atoms with Crippen LogP contribution in [0.5, 0.6) is 0 Å². The Labute approximate surface area is 330 Å². The summed E-state index contributed by atoms with van der Waals surface area (Å²) in [5.41, 5.74) is 0.567. The van der Waals surface area contributed by atoms with Crippen LogP contribution in [0, 0.1) is 35.5 Å². The van der Waals surface area contributed by atoms with Crippen molar-refractivity contribution in [1.82, 2.24) is 4.90 Å². The number of likely N-dealkylation sites (N-methyl/N-ethyl adjacent to an activating group) is 1. The Morgan fingerprint density at radius 3 is 2.20 bits per heavy atom. The number of nitrogens with zero attached hydrogens (tertiary/aromatic N) is 1. The van der Waals surface area contributed by atoms with Crippen LogP contribution in [0.25, 0.3) is 0 Å². The smallest absolute Gasteiger partial charge is 0.306 e. The van der Waals surface area contributed by atoms with E-state index in [0.29, 0.717) is 43.7 Å². The summed E-state index contributed by atoms with van der Waals surface area (Å²) in [6.07, 6.45) is 4.40. The normalized spacial score (nSPS) is 46.2. The minimum absolute atomic E-state index is 0.00237. The van der Waals surface area contributed by atoms with Crippen LogP contribution >= 0.6 is 15.9 Å². The molecule has 0 bridgehead atoms. The highest BCUT2D eigenvalue weighted by molar-refractivity contribution is 9.10. The van der Waals surface area contributed by atoms with Gasteiger partial charge in [-0.25, -0.2) is 0 Å². The predicted octanol–water partition coefficient (Wildman–Crippen LogP) is 5.26. The molecule has 5 fully saturated rings. The molecule has 6 aliphatic rings.